The van der Waals surface area contributed by atoms with Crippen molar-refractivity contribution in [2.24, 2.45) is 0 Å². The van der Waals surface area contributed by atoms with Crippen LogP contribution in [0, 0.1) is 20.8 Å². The van der Waals surface area contributed by atoms with E-state index < -0.39 is 10.0 Å². The van der Waals surface area contributed by atoms with Crippen molar-refractivity contribution in [2.75, 3.05) is 13.1 Å². The Morgan fingerprint density at radius 2 is 1.68 bits per heavy atom. The minimum atomic E-state index is -3.68. The van der Waals surface area contributed by atoms with Crippen LogP contribution in [0.2, 0.25) is 0 Å². The Morgan fingerprint density at radius 3 is 2.23 bits per heavy atom. The van der Waals surface area contributed by atoms with Crippen LogP contribution in [-0.4, -0.2) is 27.4 Å². The van der Waals surface area contributed by atoms with E-state index in [9.17, 15) is 13.2 Å². The van der Waals surface area contributed by atoms with Gasteiger partial charge in [-0.05, 0) is 38.3 Å². The minimum absolute atomic E-state index is 0.235. The molecule has 6 heteroatoms. The van der Waals surface area contributed by atoms with Crippen LogP contribution in [0.4, 0.5) is 0 Å². The van der Waals surface area contributed by atoms with Gasteiger partial charge in [0.2, 0.25) is 15.9 Å². The van der Waals surface area contributed by atoms with E-state index in [2.05, 4.69) is 17.0 Å². The summed E-state index contributed by atoms with van der Waals surface area (Å²) in [6.45, 7) is 7.88. The smallest absolute Gasteiger partial charge is 0.241 e. The van der Waals surface area contributed by atoms with Gasteiger partial charge in [0, 0.05) is 6.54 Å². The van der Waals surface area contributed by atoms with E-state index in [1.54, 1.807) is 13.8 Å². The molecule has 5 nitrogen and oxygen atoms in total. The first-order valence-electron chi connectivity index (χ1n) is 7.62. The molecule has 1 aromatic rings. The summed E-state index contributed by atoms with van der Waals surface area (Å²) in [5.41, 5.74) is 2.39. The highest BCUT2D eigenvalue weighted by molar-refractivity contribution is 7.89. The van der Waals surface area contributed by atoms with E-state index in [-0.39, 0.29) is 17.3 Å². The molecule has 22 heavy (non-hydrogen) atoms. The molecule has 0 unspecified atom stereocenters. The number of unbranched alkanes of at least 4 members (excludes halogenated alkanes) is 2. The summed E-state index contributed by atoms with van der Waals surface area (Å²) in [5, 5.41) is 2.71. The molecule has 0 fully saturated rings. The summed E-state index contributed by atoms with van der Waals surface area (Å²) in [6, 6.07) is 3.65. The van der Waals surface area contributed by atoms with Gasteiger partial charge >= 0.3 is 0 Å². The molecule has 124 valence electrons. The molecule has 0 saturated heterocycles. The Morgan fingerprint density at radius 1 is 1.09 bits per heavy atom. The maximum Gasteiger partial charge on any atom is 0.241 e. The third-order valence-corrected chi connectivity index (χ3v) is 5.10. The van der Waals surface area contributed by atoms with Crippen LogP contribution >= 0.6 is 0 Å². The summed E-state index contributed by atoms with van der Waals surface area (Å²) >= 11 is 0. The third-order valence-electron chi connectivity index (χ3n) is 3.40. The number of hydrogen-bond donors (Lipinski definition) is 2. The van der Waals surface area contributed by atoms with Gasteiger partial charge in [-0.2, -0.15) is 0 Å². The largest absolute Gasteiger partial charge is 0.355 e. The number of aryl methyl sites for hydroxylation is 3. The second-order valence-corrected chi connectivity index (χ2v) is 7.31. The predicted molar refractivity (Wildman–Crippen MR) is 88.4 cm³/mol. The Hall–Kier alpha value is -1.40. The third kappa shape index (κ3) is 5.42. The zero-order chi connectivity index (χ0) is 16.8. The predicted octanol–water partition coefficient (Wildman–Crippen LogP) is 2.20. The number of rotatable bonds is 8. The number of amides is 1. The van der Waals surface area contributed by atoms with Crippen LogP contribution in [0.1, 0.15) is 42.9 Å². The Balaban J connectivity index is 2.67. The van der Waals surface area contributed by atoms with Crippen molar-refractivity contribution in [1.82, 2.24) is 10.0 Å². The van der Waals surface area contributed by atoms with Gasteiger partial charge in [-0.1, -0.05) is 37.5 Å². The van der Waals surface area contributed by atoms with E-state index in [1.165, 1.54) is 0 Å². The van der Waals surface area contributed by atoms with E-state index in [1.807, 2.05) is 19.1 Å². The van der Waals surface area contributed by atoms with Crippen molar-refractivity contribution in [3.8, 4) is 0 Å². The lowest BCUT2D eigenvalue weighted by Gasteiger charge is -2.13. The van der Waals surface area contributed by atoms with Gasteiger partial charge in [-0.15, -0.1) is 0 Å². The molecule has 0 heterocycles. The number of hydrogen-bond acceptors (Lipinski definition) is 3. The first-order valence-corrected chi connectivity index (χ1v) is 9.10. The molecule has 0 radical (unpaired) electrons. The Kier molecular flexibility index (Phi) is 7.03. The molecule has 1 rings (SSSR count). The van der Waals surface area contributed by atoms with Crippen molar-refractivity contribution >= 4 is 15.9 Å². The average molecular weight is 326 g/mol. The van der Waals surface area contributed by atoms with Crippen molar-refractivity contribution in [3.05, 3.63) is 28.8 Å². The molecule has 0 aliphatic carbocycles. The van der Waals surface area contributed by atoms with Gasteiger partial charge in [0.1, 0.15) is 0 Å². The first-order chi connectivity index (χ1) is 10.3. The van der Waals surface area contributed by atoms with Crippen LogP contribution in [0.3, 0.4) is 0 Å². The number of nitrogens with one attached hydrogen (secondary N) is 2. The summed E-state index contributed by atoms with van der Waals surface area (Å²) in [6.07, 6.45) is 3.04. The fourth-order valence-corrected chi connectivity index (χ4v) is 3.92. The second-order valence-electron chi connectivity index (χ2n) is 5.61. The summed E-state index contributed by atoms with van der Waals surface area (Å²) in [5.74, 6) is -0.304. The molecule has 0 aromatic heterocycles. The highest BCUT2D eigenvalue weighted by Gasteiger charge is 2.20. The molecular formula is C16H26N2O3S. The summed E-state index contributed by atoms with van der Waals surface area (Å²) in [4.78, 5) is 11.9. The quantitative estimate of drug-likeness (QED) is 0.719. The van der Waals surface area contributed by atoms with Crippen LogP contribution in [-0.2, 0) is 14.8 Å². The van der Waals surface area contributed by atoms with Gasteiger partial charge in [0.05, 0.1) is 11.4 Å². The number of carbonyl (C=O) groups excluding carboxylic acids is 1. The van der Waals surface area contributed by atoms with Crippen molar-refractivity contribution in [2.45, 2.75) is 51.9 Å². The van der Waals surface area contributed by atoms with E-state index in [0.717, 1.165) is 24.8 Å². The standard InChI is InChI=1S/C16H26N2O3S/c1-5-6-7-8-17-15(19)11-18-22(20,21)16-13(3)9-12(2)10-14(16)4/h9-10,18H,5-8,11H2,1-4H3,(H,17,19). The average Bonchev–Trinajstić information content (AvgIpc) is 2.40. The molecule has 0 saturated carbocycles. The number of benzene rings is 1. The number of carbonyl (C=O) groups is 1. The van der Waals surface area contributed by atoms with E-state index in [0.29, 0.717) is 17.7 Å². The van der Waals surface area contributed by atoms with E-state index >= 15 is 0 Å². The highest BCUT2D eigenvalue weighted by atomic mass is 32.2. The lowest BCUT2D eigenvalue weighted by molar-refractivity contribution is -0.119. The minimum Gasteiger partial charge on any atom is -0.355 e. The van der Waals surface area contributed by atoms with Crippen molar-refractivity contribution in [1.29, 1.82) is 0 Å². The normalized spacial score (nSPS) is 11.5. The molecule has 0 aliphatic heterocycles. The van der Waals surface area contributed by atoms with Gasteiger partial charge in [-0.3, -0.25) is 4.79 Å². The Labute approximate surface area is 133 Å². The van der Waals surface area contributed by atoms with Crippen LogP contribution in [0.15, 0.2) is 17.0 Å². The van der Waals surface area contributed by atoms with Crippen LogP contribution in [0.25, 0.3) is 0 Å². The molecule has 1 amide bonds. The molecular weight excluding hydrogens is 300 g/mol. The fourth-order valence-electron chi connectivity index (χ4n) is 2.49. The topological polar surface area (TPSA) is 75.3 Å². The van der Waals surface area contributed by atoms with Crippen LogP contribution in [0.5, 0.6) is 0 Å². The van der Waals surface area contributed by atoms with Crippen molar-refractivity contribution in [3.63, 3.8) is 0 Å². The van der Waals surface area contributed by atoms with Crippen LogP contribution < -0.4 is 10.0 Å². The second kappa shape index (κ2) is 8.29. The van der Waals surface area contributed by atoms with Gasteiger partial charge in [-0.25, -0.2) is 13.1 Å². The van der Waals surface area contributed by atoms with E-state index in [4.69, 9.17) is 0 Å². The maximum atomic E-state index is 12.4. The SMILES string of the molecule is CCCCCNC(=O)CNS(=O)(=O)c1c(C)cc(C)cc1C. The lowest BCUT2D eigenvalue weighted by atomic mass is 10.1. The maximum absolute atomic E-state index is 12.4. The zero-order valence-corrected chi connectivity index (χ0v) is 14.6. The fraction of sp³-hybridized carbons (Fsp3) is 0.562. The zero-order valence-electron chi connectivity index (χ0n) is 13.8. The van der Waals surface area contributed by atoms with Gasteiger partial charge < -0.3 is 5.32 Å². The summed E-state index contributed by atoms with van der Waals surface area (Å²) < 4.78 is 27.1. The molecule has 0 atom stereocenters. The molecule has 2 N–H and O–H groups in total. The van der Waals surface area contributed by atoms with Gasteiger partial charge in [0.25, 0.3) is 0 Å². The Bertz CT molecular complexity index is 601. The lowest BCUT2D eigenvalue weighted by Crippen LogP contribution is -2.37. The molecule has 0 aliphatic rings. The monoisotopic (exact) mass is 326 g/mol. The van der Waals surface area contributed by atoms with Gasteiger partial charge in [0.15, 0.2) is 0 Å². The van der Waals surface area contributed by atoms with Crippen molar-refractivity contribution < 1.29 is 13.2 Å². The highest BCUT2D eigenvalue weighted by Crippen LogP contribution is 2.21. The summed E-state index contributed by atoms with van der Waals surface area (Å²) in [7, 11) is -3.68. The molecule has 0 spiro atoms. The molecule has 1 aromatic carbocycles. The first kappa shape index (κ1) is 18.6. The number of sulfonamides is 1. The molecule has 0 bridgehead atoms.